The fourth-order valence-electron chi connectivity index (χ4n) is 3.41. The molecule has 0 bridgehead atoms. The molecule has 1 aliphatic heterocycles. The highest BCUT2D eigenvalue weighted by molar-refractivity contribution is 6.02. The first-order chi connectivity index (χ1) is 16.9. The van der Waals surface area contributed by atoms with Crippen molar-refractivity contribution in [1.29, 1.82) is 0 Å². The zero-order chi connectivity index (χ0) is 24.8. The summed E-state index contributed by atoms with van der Waals surface area (Å²) in [7, 11) is 1.53. The number of ketones is 1. The number of carbonyl (C=O) groups is 3. The second kappa shape index (κ2) is 10.8. The molecule has 0 saturated heterocycles. The number of nitrogens with one attached hydrogen (secondary N) is 1. The van der Waals surface area contributed by atoms with Gasteiger partial charge in [0.15, 0.2) is 24.8 Å². The third-order valence-corrected chi connectivity index (χ3v) is 5.20. The Morgan fingerprint density at radius 3 is 2.69 bits per heavy atom. The number of rotatable bonds is 10. The van der Waals surface area contributed by atoms with Gasteiger partial charge in [0.05, 0.1) is 18.8 Å². The number of hydrogen-bond acceptors (Lipinski definition) is 7. The van der Waals surface area contributed by atoms with Crippen LogP contribution in [0.4, 0.5) is 10.1 Å². The normalized spacial score (nSPS) is 12.6. The molecular formula is C25H23FN2O7. The minimum atomic E-state index is -0.404. The summed E-state index contributed by atoms with van der Waals surface area (Å²) in [6.45, 7) is 0.318. The van der Waals surface area contributed by atoms with Crippen molar-refractivity contribution in [2.24, 2.45) is 0 Å². The molecule has 0 spiro atoms. The lowest BCUT2D eigenvalue weighted by atomic mass is 10.1. The van der Waals surface area contributed by atoms with Crippen molar-refractivity contribution >= 4 is 23.3 Å². The van der Waals surface area contributed by atoms with E-state index in [-0.39, 0.29) is 37.2 Å². The molecule has 0 radical (unpaired) electrons. The topological polar surface area (TPSA) is 107 Å². The summed E-state index contributed by atoms with van der Waals surface area (Å²) < 4.78 is 34.5. The molecule has 0 unspecified atom stereocenters. The van der Waals surface area contributed by atoms with Crippen molar-refractivity contribution in [2.45, 2.75) is 6.54 Å². The summed E-state index contributed by atoms with van der Waals surface area (Å²) in [5.74, 6) is -0.161. The van der Waals surface area contributed by atoms with E-state index in [1.807, 2.05) is 0 Å². The molecule has 10 heteroatoms. The van der Waals surface area contributed by atoms with Crippen LogP contribution in [0.2, 0.25) is 0 Å². The molecule has 2 amide bonds. The fraction of sp³-hybridized carbons (Fsp3) is 0.240. The number of hydrogen-bond donors (Lipinski definition) is 1. The van der Waals surface area contributed by atoms with Gasteiger partial charge in [0.2, 0.25) is 0 Å². The zero-order valence-corrected chi connectivity index (χ0v) is 18.9. The molecule has 2 heterocycles. The number of amides is 2. The minimum Gasteiger partial charge on any atom is -0.485 e. The van der Waals surface area contributed by atoms with Gasteiger partial charge in [-0.05, 0) is 54.6 Å². The largest absolute Gasteiger partial charge is 0.485 e. The van der Waals surface area contributed by atoms with Gasteiger partial charge in [0.25, 0.3) is 11.8 Å². The van der Waals surface area contributed by atoms with Gasteiger partial charge in [-0.3, -0.25) is 19.3 Å². The number of methoxy groups -OCH3 is 1. The number of anilines is 1. The molecule has 4 rings (SSSR count). The predicted molar refractivity (Wildman–Crippen MR) is 122 cm³/mol. The summed E-state index contributed by atoms with van der Waals surface area (Å²) in [5, 5.41) is 2.66. The Morgan fingerprint density at radius 1 is 1.11 bits per heavy atom. The third-order valence-electron chi connectivity index (χ3n) is 5.20. The Hall–Kier alpha value is -4.18. The smallest absolute Gasteiger partial charge is 0.287 e. The van der Waals surface area contributed by atoms with E-state index < -0.39 is 11.7 Å². The van der Waals surface area contributed by atoms with Gasteiger partial charge in [0, 0.05) is 19.2 Å². The molecule has 0 aliphatic carbocycles. The highest BCUT2D eigenvalue weighted by Gasteiger charge is 2.28. The number of furan rings is 1. The fourth-order valence-corrected chi connectivity index (χ4v) is 3.41. The summed E-state index contributed by atoms with van der Waals surface area (Å²) >= 11 is 0. The Bertz CT molecular complexity index is 1220. The van der Waals surface area contributed by atoms with E-state index in [9.17, 15) is 18.8 Å². The van der Waals surface area contributed by atoms with Gasteiger partial charge in [-0.25, -0.2) is 4.39 Å². The van der Waals surface area contributed by atoms with Crippen LogP contribution in [0.1, 0.15) is 26.7 Å². The maximum Gasteiger partial charge on any atom is 0.287 e. The molecule has 1 N–H and O–H groups in total. The van der Waals surface area contributed by atoms with Crippen LogP contribution in [0.25, 0.3) is 0 Å². The quantitative estimate of drug-likeness (QED) is 0.350. The van der Waals surface area contributed by atoms with E-state index >= 15 is 0 Å². The van der Waals surface area contributed by atoms with Gasteiger partial charge in [-0.1, -0.05) is 0 Å². The Balaban J connectivity index is 1.46. The molecule has 9 nitrogen and oxygen atoms in total. The first-order valence-electron chi connectivity index (χ1n) is 10.8. The first kappa shape index (κ1) is 24.0. The molecule has 1 aliphatic rings. The molecule has 2 aromatic carbocycles. The van der Waals surface area contributed by atoms with E-state index in [0.29, 0.717) is 41.7 Å². The number of ether oxygens (including phenoxy) is 3. The van der Waals surface area contributed by atoms with E-state index in [4.69, 9.17) is 18.6 Å². The lowest BCUT2D eigenvalue weighted by molar-refractivity contribution is -0.121. The highest BCUT2D eigenvalue weighted by atomic mass is 19.1. The van der Waals surface area contributed by atoms with Crippen molar-refractivity contribution in [3.05, 3.63) is 77.5 Å². The van der Waals surface area contributed by atoms with Crippen LogP contribution in [-0.4, -0.2) is 51.1 Å². The SMILES string of the molecule is COCCNC(=O)c1ccc(CN2C(=O)COc3ccc(C(=O)COc4ccc(F)cc4)cc32)o1. The van der Waals surface area contributed by atoms with Crippen LogP contribution in [0.3, 0.4) is 0 Å². The first-order valence-corrected chi connectivity index (χ1v) is 10.8. The van der Waals surface area contributed by atoms with Crippen LogP contribution in [0, 0.1) is 5.82 Å². The molecule has 35 heavy (non-hydrogen) atoms. The molecule has 0 saturated carbocycles. The number of halogens is 1. The summed E-state index contributed by atoms with van der Waals surface area (Å²) in [6, 6.07) is 13.2. The molecule has 3 aromatic rings. The Kier molecular flexibility index (Phi) is 7.41. The molecule has 0 atom stereocenters. The summed E-state index contributed by atoms with van der Waals surface area (Å²) in [6.07, 6.45) is 0. The number of fused-ring (bicyclic) bond motifs is 1. The maximum atomic E-state index is 13.0. The van der Waals surface area contributed by atoms with Gasteiger partial charge in [-0.15, -0.1) is 0 Å². The van der Waals surface area contributed by atoms with Crippen LogP contribution < -0.4 is 19.7 Å². The standard InChI is InChI=1S/C25H23FN2O7/c1-32-11-10-27-25(31)23-9-7-19(35-23)13-28-20-12-16(2-8-22(20)34-15-24(28)30)21(29)14-33-18-5-3-17(26)4-6-18/h2-9,12H,10-11,13-15H2,1H3,(H,27,31). The van der Waals surface area contributed by atoms with Crippen molar-refractivity contribution in [3.63, 3.8) is 0 Å². The van der Waals surface area contributed by atoms with Crippen LogP contribution in [0.5, 0.6) is 11.5 Å². The van der Waals surface area contributed by atoms with E-state index in [0.717, 1.165) is 0 Å². The van der Waals surface area contributed by atoms with Crippen molar-refractivity contribution in [2.75, 3.05) is 38.4 Å². The highest BCUT2D eigenvalue weighted by Crippen LogP contribution is 2.34. The van der Waals surface area contributed by atoms with Crippen LogP contribution >= 0.6 is 0 Å². The second-order valence-corrected chi connectivity index (χ2v) is 7.63. The molecule has 0 fully saturated rings. The number of nitrogens with zero attached hydrogens (tertiary/aromatic N) is 1. The van der Waals surface area contributed by atoms with Gasteiger partial charge < -0.3 is 23.9 Å². The summed E-state index contributed by atoms with van der Waals surface area (Å²) in [5.41, 5.74) is 0.711. The number of carbonyl (C=O) groups excluding carboxylic acids is 3. The van der Waals surface area contributed by atoms with Gasteiger partial charge in [0.1, 0.15) is 23.1 Å². The Morgan fingerprint density at radius 2 is 1.91 bits per heavy atom. The van der Waals surface area contributed by atoms with E-state index in [1.54, 1.807) is 24.3 Å². The van der Waals surface area contributed by atoms with Crippen molar-refractivity contribution in [1.82, 2.24) is 5.32 Å². The minimum absolute atomic E-state index is 0.0459. The van der Waals surface area contributed by atoms with Crippen LogP contribution in [-0.2, 0) is 16.1 Å². The van der Waals surface area contributed by atoms with E-state index in [1.165, 1.54) is 42.3 Å². The van der Waals surface area contributed by atoms with Crippen molar-refractivity contribution < 1.29 is 37.4 Å². The second-order valence-electron chi connectivity index (χ2n) is 7.63. The molecule has 182 valence electrons. The average Bonchev–Trinajstić information content (AvgIpc) is 3.34. The molecular weight excluding hydrogens is 459 g/mol. The lowest BCUT2D eigenvalue weighted by Crippen LogP contribution is -2.38. The average molecular weight is 482 g/mol. The van der Waals surface area contributed by atoms with E-state index in [2.05, 4.69) is 5.32 Å². The van der Waals surface area contributed by atoms with Crippen LogP contribution in [0.15, 0.2) is 59.0 Å². The number of benzene rings is 2. The maximum absolute atomic E-state index is 13.0. The van der Waals surface area contributed by atoms with Gasteiger partial charge in [-0.2, -0.15) is 0 Å². The number of Topliss-reactive ketones (excluding diaryl/α,β-unsaturated/α-hetero) is 1. The monoisotopic (exact) mass is 482 g/mol. The Labute approximate surface area is 200 Å². The van der Waals surface area contributed by atoms with Crippen molar-refractivity contribution in [3.8, 4) is 11.5 Å². The third kappa shape index (κ3) is 5.85. The zero-order valence-electron chi connectivity index (χ0n) is 18.9. The van der Waals surface area contributed by atoms with Gasteiger partial charge >= 0.3 is 0 Å². The lowest BCUT2D eigenvalue weighted by Gasteiger charge is -2.29. The molecule has 1 aromatic heterocycles. The summed E-state index contributed by atoms with van der Waals surface area (Å²) in [4.78, 5) is 38.9. The predicted octanol–water partition coefficient (Wildman–Crippen LogP) is 2.98.